The second-order valence-corrected chi connectivity index (χ2v) is 9.12. The number of fused-ring (bicyclic) bond motifs is 1. The van der Waals surface area contributed by atoms with Crippen LogP contribution in [0.25, 0.3) is 5.65 Å². The van der Waals surface area contributed by atoms with Gasteiger partial charge in [-0.2, -0.15) is 0 Å². The van der Waals surface area contributed by atoms with Crippen LogP contribution in [-0.4, -0.2) is 58.1 Å². The third kappa shape index (κ3) is 4.61. The van der Waals surface area contributed by atoms with Crippen LogP contribution >= 0.6 is 0 Å². The van der Waals surface area contributed by atoms with Gasteiger partial charge < -0.3 is 19.2 Å². The highest BCUT2D eigenvalue weighted by molar-refractivity contribution is 5.94. The van der Waals surface area contributed by atoms with Crippen LogP contribution in [0.2, 0.25) is 0 Å². The third-order valence-corrected chi connectivity index (χ3v) is 7.16. The van der Waals surface area contributed by atoms with Crippen molar-refractivity contribution in [3.63, 3.8) is 0 Å². The van der Waals surface area contributed by atoms with Crippen molar-refractivity contribution in [3.05, 3.63) is 66.1 Å². The average molecular weight is 449 g/mol. The summed E-state index contributed by atoms with van der Waals surface area (Å²) in [6, 6.07) is 13.4. The van der Waals surface area contributed by atoms with Gasteiger partial charge in [-0.05, 0) is 50.1 Å². The zero-order chi connectivity index (χ0) is 22.7. The van der Waals surface area contributed by atoms with E-state index in [0.717, 1.165) is 50.5 Å². The van der Waals surface area contributed by atoms with E-state index in [-0.39, 0.29) is 17.5 Å². The van der Waals surface area contributed by atoms with Crippen LogP contribution in [0.15, 0.2) is 54.9 Å². The number of hydrogen-bond donors (Lipinski definition) is 1. The molecule has 1 aromatic carbocycles. The molecule has 1 saturated carbocycles. The number of morpholine rings is 1. The summed E-state index contributed by atoms with van der Waals surface area (Å²) in [5, 5.41) is 3.30. The van der Waals surface area contributed by atoms with Crippen LogP contribution in [0, 0.1) is 0 Å². The van der Waals surface area contributed by atoms with E-state index >= 15 is 0 Å². The van der Waals surface area contributed by atoms with Crippen molar-refractivity contribution in [3.8, 4) is 5.75 Å². The number of carbonyl (C=O) groups is 1. The maximum atomic E-state index is 13.2. The minimum absolute atomic E-state index is 0.0245. The predicted molar refractivity (Wildman–Crippen MR) is 126 cm³/mol. The molecule has 2 fully saturated rings. The first kappa shape index (κ1) is 21.9. The fraction of sp³-hybridized carbons (Fsp3) is 0.462. The molecule has 2 aromatic heterocycles. The van der Waals surface area contributed by atoms with E-state index in [1.54, 1.807) is 0 Å². The Bertz CT molecular complexity index is 1070. The van der Waals surface area contributed by atoms with Crippen LogP contribution in [-0.2, 0) is 11.3 Å². The van der Waals surface area contributed by atoms with Crippen LogP contribution in [0.1, 0.15) is 48.7 Å². The van der Waals surface area contributed by atoms with Crippen molar-refractivity contribution < 1.29 is 14.3 Å². The summed E-state index contributed by atoms with van der Waals surface area (Å²) >= 11 is 0. The summed E-state index contributed by atoms with van der Waals surface area (Å²) in [5.74, 6) is 0.608. The number of ether oxygens (including phenoxy) is 2. The second-order valence-electron chi connectivity index (χ2n) is 9.12. The van der Waals surface area contributed by atoms with Crippen molar-refractivity contribution in [2.24, 2.45) is 0 Å². The van der Waals surface area contributed by atoms with Crippen molar-refractivity contribution in [2.45, 2.75) is 50.8 Å². The number of carbonyl (C=O) groups excluding carboxylic acids is 1. The molecule has 1 unspecified atom stereocenters. The van der Waals surface area contributed by atoms with E-state index < -0.39 is 0 Å². The smallest absolute Gasteiger partial charge is 0.251 e. The molecule has 1 atom stereocenters. The molecule has 1 aliphatic heterocycles. The van der Waals surface area contributed by atoms with Gasteiger partial charge in [-0.3, -0.25) is 9.69 Å². The van der Waals surface area contributed by atoms with Gasteiger partial charge in [-0.25, -0.2) is 4.98 Å². The maximum absolute atomic E-state index is 13.2. The van der Waals surface area contributed by atoms with E-state index in [9.17, 15) is 4.79 Å². The molecule has 0 bridgehead atoms. The lowest BCUT2D eigenvalue weighted by atomic mass is 9.86. The highest BCUT2D eigenvalue weighted by Gasteiger charge is 2.45. The first-order valence-corrected chi connectivity index (χ1v) is 11.9. The fourth-order valence-electron chi connectivity index (χ4n) is 5.37. The zero-order valence-electron chi connectivity index (χ0n) is 19.2. The van der Waals surface area contributed by atoms with Crippen molar-refractivity contribution >= 4 is 11.6 Å². The molecular weight excluding hydrogens is 416 g/mol. The molecule has 174 valence electrons. The number of benzene rings is 1. The van der Waals surface area contributed by atoms with Gasteiger partial charge in [0.1, 0.15) is 18.0 Å². The summed E-state index contributed by atoms with van der Waals surface area (Å²) in [7, 11) is 0. The van der Waals surface area contributed by atoms with Gasteiger partial charge in [-0.1, -0.05) is 25.0 Å². The Labute approximate surface area is 194 Å². The lowest BCUT2D eigenvalue weighted by Gasteiger charge is -2.47. The molecule has 0 spiro atoms. The Morgan fingerprint density at radius 2 is 2.00 bits per heavy atom. The largest absolute Gasteiger partial charge is 0.487 e. The summed E-state index contributed by atoms with van der Waals surface area (Å²) in [6.45, 7) is 5.92. The lowest BCUT2D eigenvalue weighted by molar-refractivity contribution is -0.0323. The average Bonchev–Trinajstić information content (AvgIpc) is 3.51. The Morgan fingerprint density at radius 3 is 2.79 bits per heavy atom. The van der Waals surface area contributed by atoms with E-state index in [1.807, 2.05) is 59.3 Å². The standard InChI is InChI=1S/C26H32N4O3/c1-20(26(10-3-4-11-26)30-13-15-32-16-14-30)27-25(31)21-7-6-8-23(17-21)33-19-22-18-29-12-5-2-9-24(29)28-22/h2,5-9,12,17-18,20H,3-4,10-11,13-16,19H2,1H3,(H,27,31). The molecule has 2 aliphatic rings. The topological polar surface area (TPSA) is 68.1 Å². The van der Waals surface area contributed by atoms with E-state index in [1.165, 1.54) is 12.8 Å². The molecule has 33 heavy (non-hydrogen) atoms. The summed E-state index contributed by atoms with van der Waals surface area (Å²) < 4.78 is 13.5. The molecule has 1 aliphatic carbocycles. The Balaban J connectivity index is 1.24. The predicted octanol–water partition coefficient (Wildman–Crippen LogP) is 3.68. The molecule has 7 nitrogen and oxygen atoms in total. The Hall–Kier alpha value is -2.90. The van der Waals surface area contributed by atoms with Gasteiger partial charge >= 0.3 is 0 Å². The van der Waals surface area contributed by atoms with E-state index in [4.69, 9.17) is 9.47 Å². The second kappa shape index (κ2) is 9.53. The maximum Gasteiger partial charge on any atom is 0.251 e. The number of amides is 1. The number of aromatic nitrogens is 2. The molecule has 0 radical (unpaired) electrons. The molecule has 7 heteroatoms. The van der Waals surface area contributed by atoms with Crippen LogP contribution in [0.3, 0.4) is 0 Å². The minimum Gasteiger partial charge on any atom is -0.487 e. The molecule has 5 rings (SSSR count). The molecule has 3 aromatic rings. The van der Waals surface area contributed by atoms with Gasteiger partial charge in [0.25, 0.3) is 5.91 Å². The normalized spacial score (nSPS) is 19.4. The van der Waals surface area contributed by atoms with Crippen LogP contribution in [0.5, 0.6) is 5.75 Å². The number of imidazole rings is 1. The zero-order valence-corrected chi connectivity index (χ0v) is 19.2. The van der Waals surface area contributed by atoms with E-state index in [0.29, 0.717) is 17.9 Å². The van der Waals surface area contributed by atoms with E-state index in [2.05, 4.69) is 22.1 Å². The van der Waals surface area contributed by atoms with Crippen molar-refractivity contribution in [1.82, 2.24) is 19.6 Å². The van der Waals surface area contributed by atoms with Crippen LogP contribution < -0.4 is 10.1 Å². The molecule has 1 N–H and O–H groups in total. The molecule has 1 amide bonds. The summed E-state index contributed by atoms with van der Waals surface area (Å²) in [4.78, 5) is 20.3. The van der Waals surface area contributed by atoms with Gasteiger partial charge in [0.2, 0.25) is 0 Å². The fourth-order valence-corrected chi connectivity index (χ4v) is 5.37. The number of nitrogens with one attached hydrogen (secondary N) is 1. The first-order chi connectivity index (χ1) is 16.1. The third-order valence-electron chi connectivity index (χ3n) is 7.16. The monoisotopic (exact) mass is 448 g/mol. The van der Waals surface area contributed by atoms with Gasteiger partial charge in [0.05, 0.1) is 18.9 Å². The Morgan fingerprint density at radius 1 is 1.18 bits per heavy atom. The van der Waals surface area contributed by atoms with Gasteiger partial charge in [-0.15, -0.1) is 0 Å². The number of rotatable bonds is 7. The Kier molecular flexibility index (Phi) is 6.33. The lowest BCUT2D eigenvalue weighted by Crippen LogP contribution is -2.62. The molecule has 3 heterocycles. The summed E-state index contributed by atoms with van der Waals surface area (Å²) in [6.07, 6.45) is 8.59. The highest BCUT2D eigenvalue weighted by atomic mass is 16.5. The van der Waals surface area contributed by atoms with Gasteiger partial charge in [0.15, 0.2) is 0 Å². The van der Waals surface area contributed by atoms with Gasteiger partial charge in [0, 0.05) is 42.6 Å². The SMILES string of the molecule is CC(NC(=O)c1cccc(OCc2cn3ccccc3n2)c1)C1(N2CCOCC2)CCCC1. The first-order valence-electron chi connectivity index (χ1n) is 11.9. The number of pyridine rings is 1. The molecule has 1 saturated heterocycles. The molecular formula is C26H32N4O3. The van der Waals surface area contributed by atoms with Crippen LogP contribution in [0.4, 0.5) is 0 Å². The summed E-state index contributed by atoms with van der Waals surface area (Å²) in [5.41, 5.74) is 2.37. The number of nitrogens with zero attached hydrogens (tertiary/aromatic N) is 3. The quantitative estimate of drug-likeness (QED) is 0.597. The number of hydrogen-bond acceptors (Lipinski definition) is 5. The van der Waals surface area contributed by atoms with Crippen molar-refractivity contribution in [2.75, 3.05) is 26.3 Å². The minimum atomic E-state index is -0.0554. The van der Waals surface area contributed by atoms with Crippen molar-refractivity contribution in [1.29, 1.82) is 0 Å². The highest BCUT2D eigenvalue weighted by Crippen LogP contribution is 2.38.